The molecule has 2 aromatic rings. The Bertz CT molecular complexity index is 476. The highest BCUT2D eigenvalue weighted by atomic mass is 16.5. The molecular weight excluding hydrogens is 214 g/mol. The number of nitrogens with zero attached hydrogens (tertiary/aromatic N) is 2. The van der Waals surface area contributed by atoms with Gasteiger partial charge in [-0.05, 0) is 5.56 Å². The summed E-state index contributed by atoms with van der Waals surface area (Å²) in [6.07, 6.45) is 4.04. The second kappa shape index (κ2) is 4.59. The molecule has 0 amide bonds. The van der Waals surface area contributed by atoms with Crippen LogP contribution in [0, 0.1) is 0 Å². The van der Waals surface area contributed by atoms with Crippen molar-refractivity contribution in [3.63, 3.8) is 0 Å². The second-order valence-electron chi connectivity index (χ2n) is 4.26. The van der Waals surface area contributed by atoms with Crippen molar-refractivity contribution in [3.8, 4) is 5.75 Å². The van der Waals surface area contributed by atoms with Crippen LogP contribution in [0.3, 0.4) is 0 Å². The SMILES string of the molecule is c1ccc(Cn2cc(OC3CNC3)cn2)cc1. The molecule has 4 heteroatoms. The second-order valence-corrected chi connectivity index (χ2v) is 4.26. The van der Waals surface area contributed by atoms with Crippen LogP contribution in [0.4, 0.5) is 0 Å². The summed E-state index contributed by atoms with van der Waals surface area (Å²) in [5, 5.41) is 7.47. The first-order valence-electron chi connectivity index (χ1n) is 5.84. The van der Waals surface area contributed by atoms with E-state index in [1.54, 1.807) is 6.20 Å². The van der Waals surface area contributed by atoms with Gasteiger partial charge in [-0.2, -0.15) is 5.10 Å². The highest BCUT2D eigenvalue weighted by molar-refractivity contribution is 5.17. The summed E-state index contributed by atoms with van der Waals surface area (Å²) in [6.45, 7) is 2.65. The Morgan fingerprint density at radius 1 is 1.29 bits per heavy atom. The third kappa shape index (κ3) is 2.47. The van der Waals surface area contributed by atoms with Crippen molar-refractivity contribution in [2.45, 2.75) is 12.6 Å². The minimum absolute atomic E-state index is 0.310. The van der Waals surface area contributed by atoms with Crippen molar-refractivity contribution in [2.24, 2.45) is 0 Å². The van der Waals surface area contributed by atoms with E-state index in [1.807, 2.05) is 29.1 Å². The number of nitrogens with one attached hydrogen (secondary N) is 1. The molecule has 1 aliphatic rings. The average Bonchev–Trinajstić information content (AvgIpc) is 2.73. The van der Waals surface area contributed by atoms with Crippen LogP contribution in [0.15, 0.2) is 42.7 Å². The maximum atomic E-state index is 5.72. The lowest BCUT2D eigenvalue weighted by atomic mass is 10.2. The van der Waals surface area contributed by atoms with E-state index in [-0.39, 0.29) is 0 Å². The summed E-state index contributed by atoms with van der Waals surface area (Å²) < 4.78 is 7.62. The van der Waals surface area contributed by atoms with Crippen molar-refractivity contribution in [1.29, 1.82) is 0 Å². The van der Waals surface area contributed by atoms with Gasteiger partial charge in [0.25, 0.3) is 0 Å². The largest absolute Gasteiger partial charge is 0.484 e. The van der Waals surface area contributed by atoms with Crippen molar-refractivity contribution in [2.75, 3.05) is 13.1 Å². The molecule has 1 saturated heterocycles. The van der Waals surface area contributed by atoms with E-state index < -0.39 is 0 Å². The molecule has 2 heterocycles. The van der Waals surface area contributed by atoms with Crippen molar-refractivity contribution in [3.05, 3.63) is 48.3 Å². The molecule has 17 heavy (non-hydrogen) atoms. The van der Waals surface area contributed by atoms with Gasteiger partial charge in [-0.15, -0.1) is 0 Å². The topological polar surface area (TPSA) is 39.1 Å². The molecule has 88 valence electrons. The molecule has 0 saturated carbocycles. The van der Waals surface area contributed by atoms with Gasteiger partial charge in [0.05, 0.1) is 18.9 Å². The highest BCUT2D eigenvalue weighted by Crippen LogP contribution is 2.13. The Balaban J connectivity index is 1.64. The smallest absolute Gasteiger partial charge is 0.157 e. The third-order valence-electron chi connectivity index (χ3n) is 2.84. The zero-order valence-corrected chi connectivity index (χ0v) is 9.54. The van der Waals surface area contributed by atoms with Gasteiger partial charge in [0.15, 0.2) is 5.75 Å². The number of benzene rings is 1. The summed E-state index contributed by atoms with van der Waals surface area (Å²) in [5.41, 5.74) is 1.24. The maximum Gasteiger partial charge on any atom is 0.157 e. The average molecular weight is 229 g/mol. The van der Waals surface area contributed by atoms with Gasteiger partial charge in [0, 0.05) is 13.1 Å². The molecule has 1 aromatic heterocycles. The van der Waals surface area contributed by atoms with E-state index in [2.05, 4.69) is 22.5 Å². The molecule has 0 spiro atoms. The Kier molecular flexibility index (Phi) is 2.80. The zero-order chi connectivity index (χ0) is 11.5. The lowest BCUT2D eigenvalue weighted by Crippen LogP contribution is -2.50. The van der Waals surface area contributed by atoms with Crippen LogP contribution < -0.4 is 10.1 Å². The number of hydrogen-bond acceptors (Lipinski definition) is 3. The van der Waals surface area contributed by atoms with E-state index in [4.69, 9.17) is 4.74 Å². The third-order valence-corrected chi connectivity index (χ3v) is 2.84. The summed E-state index contributed by atoms with van der Waals surface area (Å²) in [7, 11) is 0. The Labute approximate surface area is 100 Å². The molecule has 1 aromatic carbocycles. The van der Waals surface area contributed by atoms with Crippen LogP contribution in [0.25, 0.3) is 0 Å². The summed E-state index contributed by atoms with van der Waals surface area (Å²) in [6, 6.07) is 10.3. The Morgan fingerprint density at radius 3 is 2.82 bits per heavy atom. The molecule has 0 unspecified atom stereocenters. The van der Waals surface area contributed by atoms with Gasteiger partial charge in [-0.3, -0.25) is 4.68 Å². The Morgan fingerprint density at radius 2 is 2.12 bits per heavy atom. The molecule has 3 rings (SSSR count). The normalized spacial score (nSPS) is 15.5. The highest BCUT2D eigenvalue weighted by Gasteiger charge is 2.18. The van der Waals surface area contributed by atoms with E-state index >= 15 is 0 Å². The van der Waals surface area contributed by atoms with E-state index in [0.717, 1.165) is 25.4 Å². The molecule has 1 fully saturated rings. The van der Waals surface area contributed by atoms with Gasteiger partial charge >= 0.3 is 0 Å². The molecule has 4 nitrogen and oxygen atoms in total. The molecule has 0 bridgehead atoms. The first kappa shape index (κ1) is 10.4. The number of ether oxygens (including phenoxy) is 1. The van der Waals surface area contributed by atoms with Crippen molar-refractivity contribution >= 4 is 0 Å². The number of rotatable bonds is 4. The van der Waals surface area contributed by atoms with Crippen molar-refractivity contribution in [1.82, 2.24) is 15.1 Å². The molecule has 1 aliphatic heterocycles. The van der Waals surface area contributed by atoms with Gasteiger partial charge < -0.3 is 10.1 Å². The predicted octanol–water partition coefficient (Wildman–Crippen LogP) is 1.28. The number of hydrogen-bond donors (Lipinski definition) is 1. The fourth-order valence-electron chi connectivity index (χ4n) is 1.80. The first-order valence-corrected chi connectivity index (χ1v) is 5.84. The first-order chi connectivity index (χ1) is 8.40. The molecule has 0 atom stereocenters. The Hall–Kier alpha value is -1.81. The van der Waals surface area contributed by atoms with E-state index in [1.165, 1.54) is 5.56 Å². The zero-order valence-electron chi connectivity index (χ0n) is 9.54. The van der Waals surface area contributed by atoms with Crippen LogP contribution in [-0.4, -0.2) is 29.0 Å². The van der Waals surface area contributed by atoms with Gasteiger partial charge in [0.1, 0.15) is 6.10 Å². The van der Waals surface area contributed by atoms with Gasteiger partial charge in [0.2, 0.25) is 0 Å². The molecule has 0 radical (unpaired) electrons. The minimum Gasteiger partial charge on any atom is -0.484 e. The standard InChI is InChI=1S/C13H15N3O/c1-2-4-11(5-3-1)9-16-10-13(8-15-16)17-12-6-14-7-12/h1-5,8,10,12,14H,6-7,9H2. The summed E-state index contributed by atoms with van der Waals surface area (Å²) in [5.74, 6) is 0.854. The van der Waals surface area contributed by atoms with Crippen LogP contribution in [0.5, 0.6) is 5.75 Å². The molecule has 1 N–H and O–H groups in total. The lowest BCUT2D eigenvalue weighted by Gasteiger charge is -2.26. The fraction of sp³-hybridized carbons (Fsp3) is 0.308. The fourth-order valence-corrected chi connectivity index (χ4v) is 1.80. The summed E-state index contributed by atoms with van der Waals surface area (Å²) in [4.78, 5) is 0. The van der Waals surface area contributed by atoms with Gasteiger partial charge in [-0.25, -0.2) is 0 Å². The monoisotopic (exact) mass is 229 g/mol. The minimum atomic E-state index is 0.310. The van der Waals surface area contributed by atoms with Crippen LogP contribution >= 0.6 is 0 Å². The lowest BCUT2D eigenvalue weighted by molar-refractivity contribution is 0.142. The van der Waals surface area contributed by atoms with E-state index in [9.17, 15) is 0 Å². The van der Waals surface area contributed by atoms with Crippen LogP contribution in [0.2, 0.25) is 0 Å². The molecular formula is C13H15N3O. The van der Waals surface area contributed by atoms with Crippen molar-refractivity contribution < 1.29 is 4.74 Å². The van der Waals surface area contributed by atoms with Gasteiger partial charge in [-0.1, -0.05) is 30.3 Å². The van der Waals surface area contributed by atoms with E-state index in [0.29, 0.717) is 6.10 Å². The van der Waals surface area contributed by atoms with Crippen LogP contribution in [-0.2, 0) is 6.54 Å². The van der Waals surface area contributed by atoms with Crippen LogP contribution in [0.1, 0.15) is 5.56 Å². The quantitative estimate of drug-likeness (QED) is 0.858. The predicted molar refractivity (Wildman–Crippen MR) is 65.1 cm³/mol. The molecule has 0 aliphatic carbocycles. The summed E-state index contributed by atoms with van der Waals surface area (Å²) >= 11 is 0. The number of aromatic nitrogens is 2. The maximum absolute atomic E-state index is 5.72.